The highest BCUT2D eigenvalue weighted by atomic mass is 16.5. The molecule has 5 heteroatoms. The van der Waals surface area contributed by atoms with Crippen LogP contribution in [0.25, 0.3) is 0 Å². The molecule has 0 unspecified atom stereocenters. The quantitative estimate of drug-likeness (QED) is 0.598. The van der Waals surface area contributed by atoms with Crippen LogP contribution in [0, 0.1) is 0 Å². The van der Waals surface area contributed by atoms with E-state index in [9.17, 15) is 9.59 Å². The second-order valence-corrected chi connectivity index (χ2v) is 5.87. The summed E-state index contributed by atoms with van der Waals surface area (Å²) in [5.41, 5.74) is 1.71. The molecule has 2 aromatic carbocycles. The van der Waals surface area contributed by atoms with Gasteiger partial charge in [0.2, 0.25) is 5.91 Å². The molecule has 1 saturated heterocycles. The first-order valence-corrected chi connectivity index (χ1v) is 8.48. The molecular formula is C20H21NO4. The zero-order chi connectivity index (χ0) is 17.6. The summed E-state index contributed by atoms with van der Waals surface area (Å²) in [7, 11) is 0. The highest BCUT2D eigenvalue weighted by Crippen LogP contribution is 2.24. The van der Waals surface area contributed by atoms with Crippen LogP contribution in [0.2, 0.25) is 0 Å². The van der Waals surface area contributed by atoms with Crippen molar-refractivity contribution >= 4 is 17.6 Å². The fraction of sp³-hybridized carbons (Fsp3) is 0.300. The third kappa shape index (κ3) is 4.38. The van der Waals surface area contributed by atoms with Gasteiger partial charge in [0.05, 0.1) is 13.0 Å². The van der Waals surface area contributed by atoms with Crippen LogP contribution in [0.5, 0.6) is 11.5 Å². The molecule has 0 N–H and O–H groups in total. The van der Waals surface area contributed by atoms with Gasteiger partial charge in [-0.15, -0.1) is 0 Å². The second-order valence-electron chi connectivity index (χ2n) is 5.87. The molecular weight excluding hydrogens is 318 g/mol. The van der Waals surface area contributed by atoms with Crippen LogP contribution in [0.4, 0.5) is 5.69 Å². The first-order chi connectivity index (χ1) is 12.2. The summed E-state index contributed by atoms with van der Waals surface area (Å²) in [4.78, 5) is 25.6. The average Bonchev–Trinajstić information content (AvgIpc) is 3.03. The van der Waals surface area contributed by atoms with Gasteiger partial charge in [0, 0.05) is 18.7 Å². The van der Waals surface area contributed by atoms with Crippen LogP contribution in [-0.2, 0) is 16.0 Å². The minimum absolute atomic E-state index is 0.139. The summed E-state index contributed by atoms with van der Waals surface area (Å²) in [5, 5.41) is 0. The Bertz CT molecular complexity index is 737. The molecule has 2 aromatic rings. The molecule has 0 aromatic heterocycles. The largest absolute Gasteiger partial charge is 0.494 e. The molecule has 0 bridgehead atoms. The van der Waals surface area contributed by atoms with Crippen LogP contribution >= 0.6 is 0 Å². The van der Waals surface area contributed by atoms with Gasteiger partial charge < -0.3 is 14.4 Å². The van der Waals surface area contributed by atoms with Crippen LogP contribution in [0.15, 0.2) is 48.5 Å². The standard InChI is InChI=1S/C20H21NO4/c1-2-24-17-9-5-15(6-10-17)14-20(23)25-18-11-7-16(8-12-18)21-13-3-4-19(21)22/h5-12H,2-4,13-14H2,1H3. The van der Waals surface area contributed by atoms with Crippen molar-refractivity contribution in [2.75, 3.05) is 18.1 Å². The Balaban J connectivity index is 1.56. The molecule has 1 aliphatic heterocycles. The molecule has 1 fully saturated rings. The number of hydrogen-bond donors (Lipinski definition) is 0. The second kappa shape index (κ2) is 7.83. The molecule has 0 atom stereocenters. The van der Waals surface area contributed by atoms with E-state index in [1.54, 1.807) is 17.0 Å². The lowest BCUT2D eigenvalue weighted by Gasteiger charge is -2.15. The molecule has 1 aliphatic rings. The van der Waals surface area contributed by atoms with Crippen LogP contribution in [0.3, 0.4) is 0 Å². The van der Waals surface area contributed by atoms with Crippen LogP contribution in [-0.4, -0.2) is 25.0 Å². The maximum atomic E-state index is 12.1. The van der Waals surface area contributed by atoms with E-state index in [4.69, 9.17) is 9.47 Å². The van der Waals surface area contributed by atoms with E-state index in [2.05, 4.69) is 0 Å². The molecule has 0 saturated carbocycles. The van der Waals surface area contributed by atoms with Gasteiger partial charge in [-0.05, 0) is 55.3 Å². The maximum absolute atomic E-state index is 12.1. The normalized spacial score (nSPS) is 13.8. The third-order valence-corrected chi connectivity index (χ3v) is 4.04. The predicted molar refractivity (Wildman–Crippen MR) is 95.0 cm³/mol. The van der Waals surface area contributed by atoms with E-state index in [0.717, 1.165) is 30.0 Å². The lowest BCUT2D eigenvalue weighted by molar-refractivity contribution is -0.133. The van der Waals surface area contributed by atoms with Gasteiger partial charge in [0.1, 0.15) is 11.5 Å². The molecule has 0 aliphatic carbocycles. The van der Waals surface area contributed by atoms with Crippen molar-refractivity contribution in [2.45, 2.75) is 26.2 Å². The summed E-state index contributed by atoms with van der Waals surface area (Å²) in [6.45, 7) is 3.28. The highest BCUT2D eigenvalue weighted by molar-refractivity contribution is 5.95. The first-order valence-electron chi connectivity index (χ1n) is 8.48. The third-order valence-electron chi connectivity index (χ3n) is 4.04. The Morgan fingerprint density at radius 2 is 1.72 bits per heavy atom. The van der Waals surface area contributed by atoms with Gasteiger partial charge >= 0.3 is 5.97 Å². The van der Waals surface area contributed by atoms with Crippen molar-refractivity contribution in [1.29, 1.82) is 0 Å². The Morgan fingerprint density at radius 3 is 2.32 bits per heavy atom. The average molecular weight is 339 g/mol. The van der Waals surface area contributed by atoms with E-state index >= 15 is 0 Å². The Kier molecular flexibility index (Phi) is 5.33. The summed E-state index contributed by atoms with van der Waals surface area (Å²) >= 11 is 0. The molecule has 1 heterocycles. The van der Waals surface area contributed by atoms with Crippen molar-refractivity contribution in [1.82, 2.24) is 0 Å². The Hall–Kier alpha value is -2.82. The maximum Gasteiger partial charge on any atom is 0.315 e. The van der Waals surface area contributed by atoms with Crippen LogP contribution in [0.1, 0.15) is 25.3 Å². The summed E-state index contributed by atoms with van der Waals surface area (Å²) < 4.78 is 10.7. The number of nitrogens with zero attached hydrogens (tertiary/aromatic N) is 1. The minimum atomic E-state index is -0.325. The van der Waals surface area contributed by atoms with Gasteiger partial charge in [-0.3, -0.25) is 9.59 Å². The number of rotatable bonds is 6. The predicted octanol–water partition coefficient (Wildman–Crippen LogP) is 3.36. The summed E-state index contributed by atoms with van der Waals surface area (Å²) in [6.07, 6.45) is 1.68. The van der Waals surface area contributed by atoms with Crippen molar-refractivity contribution in [3.05, 3.63) is 54.1 Å². The number of carbonyl (C=O) groups is 2. The van der Waals surface area contributed by atoms with E-state index < -0.39 is 0 Å². The first kappa shape index (κ1) is 17.0. The zero-order valence-corrected chi connectivity index (χ0v) is 14.2. The van der Waals surface area contributed by atoms with Gasteiger partial charge in [-0.2, -0.15) is 0 Å². The zero-order valence-electron chi connectivity index (χ0n) is 14.2. The topological polar surface area (TPSA) is 55.8 Å². The highest BCUT2D eigenvalue weighted by Gasteiger charge is 2.21. The monoisotopic (exact) mass is 339 g/mol. The van der Waals surface area contributed by atoms with E-state index in [1.807, 2.05) is 43.3 Å². The van der Waals surface area contributed by atoms with Gasteiger partial charge in [-0.1, -0.05) is 12.1 Å². The van der Waals surface area contributed by atoms with Crippen LogP contribution < -0.4 is 14.4 Å². The molecule has 0 radical (unpaired) electrons. The number of ether oxygens (including phenoxy) is 2. The fourth-order valence-electron chi connectivity index (χ4n) is 2.82. The summed E-state index contributed by atoms with van der Waals surface area (Å²) in [5.74, 6) is 1.08. The number of carbonyl (C=O) groups excluding carboxylic acids is 2. The molecule has 25 heavy (non-hydrogen) atoms. The number of anilines is 1. The SMILES string of the molecule is CCOc1ccc(CC(=O)Oc2ccc(N3CCCC3=O)cc2)cc1. The van der Waals surface area contributed by atoms with Crippen molar-refractivity contribution < 1.29 is 19.1 Å². The molecule has 5 nitrogen and oxygen atoms in total. The van der Waals surface area contributed by atoms with E-state index in [-0.39, 0.29) is 18.3 Å². The van der Waals surface area contributed by atoms with E-state index in [1.165, 1.54) is 0 Å². The lowest BCUT2D eigenvalue weighted by atomic mass is 10.1. The lowest BCUT2D eigenvalue weighted by Crippen LogP contribution is -2.23. The van der Waals surface area contributed by atoms with Gasteiger partial charge in [-0.25, -0.2) is 0 Å². The molecule has 1 amide bonds. The van der Waals surface area contributed by atoms with Crippen molar-refractivity contribution in [2.24, 2.45) is 0 Å². The van der Waals surface area contributed by atoms with Crippen molar-refractivity contribution in [3.63, 3.8) is 0 Å². The molecule has 3 rings (SSSR count). The van der Waals surface area contributed by atoms with E-state index in [0.29, 0.717) is 18.8 Å². The molecule has 0 spiro atoms. The smallest absolute Gasteiger partial charge is 0.315 e. The molecule has 130 valence electrons. The van der Waals surface area contributed by atoms with Crippen molar-refractivity contribution in [3.8, 4) is 11.5 Å². The number of hydrogen-bond acceptors (Lipinski definition) is 4. The number of esters is 1. The number of benzene rings is 2. The Labute approximate surface area is 147 Å². The van der Waals surface area contributed by atoms with Gasteiger partial charge in [0.25, 0.3) is 0 Å². The Morgan fingerprint density at radius 1 is 1.04 bits per heavy atom. The minimum Gasteiger partial charge on any atom is -0.494 e. The summed E-state index contributed by atoms with van der Waals surface area (Å²) in [6, 6.07) is 14.4. The fourth-order valence-corrected chi connectivity index (χ4v) is 2.82. The van der Waals surface area contributed by atoms with Gasteiger partial charge in [0.15, 0.2) is 0 Å². The number of amides is 1.